The molecule has 0 saturated heterocycles. The molecule has 0 heterocycles. The molecule has 2 rings (SSSR count). The monoisotopic (exact) mass is 365 g/mol. The number of nitrogens with one attached hydrogen (secondary N) is 1. The Bertz CT molecular complexity index is 865. The molecule has 6 nitrogen and oxygen atoms in total. The first kappa shape index (κ1) is 19.9. The van der Waals surface area contributed by atoms with Gasteiger partial charge in [0.05, 0.1) is 13.7 Å². The molecule has 0 aliphatic carbocycles. The summed E-state index contributed by atoms with van der Waals surface area (Å²) in [6.07, 6.45) is 1.52. The number of ether oxygens (including phenoxy) is 2. The molecule has 6 heteroatoms. The Morgan fingerprint density at radius 3 is 2.44 bits per heavy atom. The van der Waals surface area contributed by atoms with Crippen LogP contribution in [0.2, 0.25) is 0 Å². The average Bonchev–Trinajstić information content (AvgIpc) is 2.67. The van der Waals surface area contributed by atoms with Crippen LogP contribution in [-0.2, 0) is 4.79 Å². The summed E-state index contributed by atoms with van der Waals surface area (Å²) >= 11 is 0. The van der Waals surface area contributed by atoms with Crippen LogP contribution in [0.3, 0.4) is 0 Å². The largest absolute Gasteiger partial charge is 0.493 e. The predicted molar refractivity (Wildman–Crippen MR) is 107 cm³/mol. The number of hydrogen-bond donors (Lipinski definition) is 1. The van der Waals surface area contributed by atoms with Gasteiger partial charge in [-0.05, 0) is 55.0 Å². The highest BCUT2D eigenvalue weighted by Gasteiger charge is 2.11. The number of nitriles is 1. The van der Waals surface area contributed by atoms with Crippen molar-refractivity contribution in [1.82, 2.24) is 0 Å². The lowest BCUT2D eigenvalue weighted by Crippen LogP contribution is -2.14. The topological polar surface area (TPSA) is 74.6 Å². The molecule has 1 N–H and O–H groups in total. The van der Waals surface area contributed by atoms with Crippen molar-refractivity contribution in [2.75, 3.05) is 38.0 Å². The Morgan fingerprint density at radius 2 is 1.89 bits per heavy atom. The van der Waals surface area contributed by atoms with Gasteiger partial charge in [-0.15, -0.1) is 0 Å². The summed E-state index contributed by atoms with van der Waals surface area (Å²) in [7, 11) is 5.42. The quantitative estimate of drug-likeness (QED) is 0.598. The highest BCUT2D eigenvalue weighted by molar-refractivity contribution is 6.09. The standard InChI is InChI=1S/C21H23N3O3/c1-5-27-19-11-6-15(13-20(19)26-4)12-16(14-22)21(25)23-17-7-9-18(10-8-17)24(2)3/h6-13H,5H2,1-4H3,(H,23,25)/b16-12-. The van der Waals surface area contributed by atoms with Gasteiger partial charge in [0.15, 0.2) is 11.5 Å². The summed E-state index contributed by atoms with van der Waals surface area (Å²) in [5.74, 6) is 0.687. The van der Waals surface area contributed by atoms with Crippen molar-refractivity contribution in [3.8, 4) is 17.6 Å². The molecule has 0 atom stereocenters. The third-order valence-corrected chi connectivity index (χ3v) is 3.81. The van der Waals surface area contributed by atoms with E-state index in [2.05, 4.69) is 5.32 Å². The van der Waals surface area contributed by atoms with Gasteiger partial charge in [0, 0.05) is 25.5 Å². The molecule has 2 aromatic rings. The second-order valence-corrected chi connectivity index (χ2v) is 5.91. The zero-order chi connectivity index (χ0) is 19.8. The molecule has 0 aromatic heterocycles. The summed E-state index contributed by atoms with van der Waals surface area (Å²) in [5.41, 5.74) is 2.31. The molecular formula is C21H23N3O3. The number of carbonyl (C=O) groups is 1. The highest BCUT2D eigenvalue weighted by Crippen LogP contribution is 2.29. The summed E-state index contributed by atoms with van der Waals surface area (Å²) in [5, 5.41) is 12.1. The van der Waals surface area contributed by atoms with Gasteiger partial charge in [-0.3, -0.25) is 4.79 Å². The van der Waals surface area contributed by atoms with Crippen molar-refractivity contribution < 1.29 is 14.3 Å². The fourth-order valence-electron chi connectivity index (χ4n) is 2.41. The minimum Gasteiger partial charge on any atom is -0.493 e. The number of rotatable bonds is 7. The van der Waals surface area contributed by atoms with Crippen molar-refractivity contribution in [3.63, 3.8) is 0 Å². The van der Waals surface area contributed by atoms with E-state index < -0.39 is 5.91 Å². The van der Waals surface area contributed by atoms with E-state index in [9.17, 15) is 10.1 Å². The SMILES string of the molecule is CCOc1ccc(/C=C(/C#N)C(=O)Nc2ccc(N(C)C)cc2)cc1OC. The molecule has 0 bridgehead atoms. The molecule has 27 heavy (non-hydrogen) atoms. The van der Waals surface area contributed by atoms with Crippen molar-refractivity contribution in [2.45, 2.75) is 6.92 Å². The molecule has 0 aliphatic rings. The van der Waals surface area contributed by atoms with E-state index in [1.54, 1.807) is 37.4 Å². The zero-order valence-electron chi connectivity index (χ0n) is 15.9. The maximum Gasteiger partial charge on any atom is 0.266 e. The van der Waals surface area contributed by atoms with E-state index in [0.29, 0.717) is 29.4 Å². The number of amides is 1. The van der Waals surface area contributed by atoms with Gasteiger partial charge in [0.1, 0.15) is 11.6 Å². The molecule has 1 amide bonds. The fourth-order valence-corrected chi connectivity index (χ4v) is 2.41. The minimum absolute atomic E-state index is 0.00195. The fraction of sp³-hybridized carbons (Fsp3) is 0.238. The van der Waals surface area contributed by atoms with Gasteiger partial charge in [-0.2, -0.15) is 5.26 Å². The van der Waals surface area contributed by atoms with Gasteiger partial charge in [-0.25, -0.2) is 0 Å². The van der Waals surface area contributed by atoms with Crippen LogP contribution in [0.15, 0.2) is 48.0 Å². The molecule has 0 spiro atoms. The summed E-state index contributed by atoms with van der Waals surface area (Å²) < 4.78 is 10.8. The molecule has 140 valence electrons. The van der Waals surface area contributed by atoms with Crippen LogP contribution in [0.4, 0.5) is 11.4 Å². The lowest BCUT2D eigenvalue weighted by atomic mass is 10.1. The minimum atomic E-state index is -0.469. The molecule has 0 unspecified atom stereocenters. The Hall–Kier alpha value is -3.46. The van der Waals surface area contributed by atoms with Crippen LogP contribution in [0.5, 0.6) is 11.5 Å². The first-order chi connectivity index (χ1) is 13.0. The first-order valence-electron chi connectivity index (χ1n) is 8.49. The Morgan fingerprint density at radius 1 is 1.19 bits per heavy atom. The Balaban J connectivity index is 2.19. The average molecular weight is 365 g/mol. The van der Waals surface area contributed by atoms with Crippen LogP contribution in [0.1, 0.15) is 12.5 Å². The second kappa shape index (κ2) is 9.30. The predicted octanol–water partition coefficient (Wildman–Crippen LogP) is 3.71. The highest BCUT2D eigenvalue weighted by atomic mass is 16.5. The number of carbonyl (C=O) groups excluding carboxylic acids is 1. The third-order valence-electron chi connectivity index (χ3n) is 3.81. The maximum atomic E-state index is 12.4. The smallest absolute Gasteiger partial charge is 0.266 e. The molecule has 2 aromatic carbocycles. The Kier molecular flexibility index (Phi) is 6.84. The van der Waals surface area contributed by atoms with Crippen LogP contribution < -0.4 is 19.7 Å². The number of methoxy groups -OCH3 is 1. The van der Waals surface area contributed by atoms with E-state index in [-0.39, 0.29) is 5.57 Å². The molecular weight excluding hydrogens is 342 g/mol. The number of hydrogen-bond acceptors (Lipinski definition) is 5. The zero-order valence-corrected chi connectivity index (χ0v) is 15.9. The molecule has 0 radical (unpaired) electrons. The lowest BCUT2D eigenvalue weighted by Gasteiger charge is -2.13. The van der Waals surface area contributed by atoms with Gasteiger partial charge >= 0.3 is 0 Å². The van der Waals surface area contributed by atoms with E-state index in [1.807, 2.05) is 44.1 Å². The van der Waals surface area contributed by atoms with Gasteiger partial charge in [0.2, 0.25) is 0 Å². The van der Waals surface area contributed by atoms with Crippen LogP contribution >= 0.6 is 0 Å². The van der Waals surface area contributed by atoms with E-state index in [4.69, 9.17) is 9.47 Å². The number of nitrogens with zero attached hydrogens (tertiary/aromatic N) is 2. The van der Waals surface area contributed by atoms with Crippen molar-refractivity contribution in [3.05, 3.63) is 53.6 Å². The number of benzene rings is 2. The van der Waals surface area contributed by atoms with Crippen molar-refractivity contribution in [1.29, 1.82) is 5.26 Å². The normalized spacial score (nSPS) is 10.7. The van der Waals surface area contributed by atoms with Crippen LogP contribution in [0.25, 0.3) is 6.08 Å². The van der Waals surface area contributed by atoms with Crippen LogP contribution in [-0.4, -0.2) is 33.7 Å². The maximum absolute atomic E-state index is 12.4. The van der Waals surface area contributed by atoms with Gasteiger partial charge in [-0.1, -0.05) is 6.07 Å². The van der Waals surface area contributed by atoms with Crippen molar-refractivity contribution in [2.24, 2.45) is 0 Å². The van der Waals surface area contributed by atoms with Gasteiger partial charge < -0.3 is 19.7 Å². The van der Waals surface area contributed by atoms with Crippen LogP contribution in [0, 0.1) is 11.3 Å². The first-order valence-corrected chi connectivity index (χ1v) is 8.49. The Labute approximate surface area is 159 Å². The van der Waals surface area contributed by atoms with E-state index >= 15 is 0 Å². The van der Waals surface area contributed by atoms with Crippen molar-refractivity contribution >= 4 is 23.4 Å². The number of anilines is 2. The summed E-state index contributed by atoms with van der Waals surface area (Å²) in [6.45, 7) is 2.40. The van der Waals surface area contributed by atoms with Gasteiger partial charge in [0.25, 0.3) is 5.91 Å². The summed E-state index contributed by atoms with van der Waals surface area (Å²) in [6, 6.07) is 14.6. The summed E-state index contributed by atoms with van der Waals surface area (Å²) in [4.78, 5) is 14.4. The second-order valence-electron chi connectivity index (χ2n) is 5.91. The van der Waals surface area contributed by atoms with E-state index in [1.165, 1.54) is 6.08 Å². The van der Waals surface area contributed by atoms with E-state index in [0.717, 1.165) is 5.69 Å². The molecule has 0 saturated carbocycles. The lowest BCUT2D eigenvalue weighted by molar-refractivity contribution is -0.112. The molecule has 0 fully saturated rings. The molecule has 0 aliphatic heterocycles. The third kappa shape index (κ3) is 5.25.